The van der Waals surface area contributed by atoms with E-state index in [9.17, 15) is 4.79 Å². The van der Waals surface area contributed by atoms with E-state index < -0.39 is 0 Å². The van der Waals surface area contributed by atoms with Gasteiger partial charge in [0.05, 0.1) is 0 Å². The summed E-state index contributed by atoms with van der Waals surface area (Å²) in [5, 5.41) is 12.3. The Morgan fingerprint density at radius 3 is 2.92 bits per heavy atom. The predicted molar refractivity (Wildman–Crippen MR) is 98.2 cm³/mol. The van der Waals surface area contributed by atoms with E-state index in [0.717, 1.165) is 30.1 Å². The highest BCUT2D eigenvalue weighted by molar-refractivity contribution is 5.92. The second-order valence-corrected chi connectivity index (χ2v) is 7.06. The maximum Gasteiger partial charge on any atom is 0.274 e. The van der Waals surface area contributed by atoms with Crippen molar-refractivity contribution >= 4 is 17.4 Å². The minimum Gasteiger partial charge on any atom is -0.364 e. The van der Waals surface area contributed by atoms with Crippen LogP contribution in [0.25, 0.3) is 5.65 Å². The van der Waals surface area contributed by atoms with Crippen molar-refractivity contribution in [2.24, 2.45) is 7.05 Å². The Morgan fingerprint density at radius 2 is 2.15 bits per heavy atom. The number of nitrogens with zero attached hydrogens (tertiary/aromatic N) is 6. The first kappa shape index (κ1) is 16.6. The van der Waals surface area contributed by atoms with Gasteiger partial charge in [-0.2, -0.15) is 5.10 Å². The first-order valence-corrected chi connectivity index (χ1v) is 8.91. The molecule has 1 amide bonds. The van der Waals surface area contributed by atoms with Gasteiger partial charge < -0.3 is 10.2 Å². The molecule has 0 saturated carbocycles. The number of aryl methyl sites for hydroxylation is 1. The largest absolute Gasteiger partial charge is 0.364 e. The average molecular weight is 353 g/mol. The van der Waals surface area contributed by atoms with Gasteiger partial charge in [-0.1, -0.05) is 13.8 Å². The van der Waals surface area contributed by atoms with Crippen LogP contribution in [0, 0.1) is 0 Å². The molecule has 1 N–H and O–H groups in total. The first-order chi connectivity index (χ1) is 12.5. The van der Waals surface area contributed by atoms with Gasteiger partial charge in [0.15, 0.2) is 11.3 Å². The van der Waals surface area contributed by atoms with Gasteiger partial charge in [-0.25, -0.2) is 9.50 Å². The molecular weight excluding hydrogens is 330 g/mol. The summed E-state index contributed by atoms with van der Waals surface area (Å²) in [4.78, 5) is 18.8. The van der Waals surface area contributed by atoms with E-state index in [1.165, 1.54) is 0 Å². The van der Waals surface area contributed by atoms with Gasteiger partial charge in [0.1, 0.15) is 5.82 Å². The SMILES string of the molecule is CC(C)c1cc(C(=O)N2CCC(Nc3ccc4nccn4n3)C2)nn1C. The topological polar surface area (TPSA) is 80.3 Å². The summed E-state index contributed by atoms with van der Waals surface area (Å²) in [6.45, 7) is 5.57. The molecule has 0 radical (unpaired) electrons. The quantitative estimate of drug-likeness (QED) is 0.775. The van der Waals surface area contributed by atoms with Crippen LogP contribution in [-0.2, 0) is 7.05 Å². The van der Waals surface area contributed by atoms with E-state index in [2.05, 4.69) is 34.3 Å². The number of amides is 1. The number of aromatic nitrogens is 5. The highest BCUT2D eigenvalue weighted by Crippen LogP contribution is 2.19. The summed E-state index contributed by atoms with van der Waals surface area (Å²) < 4.78 is 3.54. The van der Waals surface area contributed by atoms with Crippen LogP contribution in [0.2, 0.25) is 0 Å². The molecule has 4 rings (SSSR count). The van der Waals surface area contributed by atoms with Crippen molar-refractivity contribution in [3.8, 4) is 0 Å². The van der Waals surface area contributed by atoms with Crippen LogP contribution in [0.1, 0.15) is 42.4 Å². The maximum absolute atomic E-state index is 12.8. The summed E-state index contributed by atoms with van der Waals surface area (Å²) in [6.07, 6.45) is 4.43. The number of likely N-dealkylation sites (tertiary alicyclic amines) is 1. The van der Waals surface area contributed by atoms with E-state index in [0.29, 0.717) is 18.2 Å². The molecule has 1 atom stereocenters. The van der Waals surface area contributed by atoms with Crippen molar-refractivity contribution in [2.75, 3.05) is 18.4 Å². The van der Waals surface area contributed by atoms with E-state index in [1.54, 1.807) is 15.4 Å². The third-order valence-electron chi connectivity index (χ3n) is 4.81. The maximum atomic E-state index is 12.8. The normalized spacial score (nSPS) is 17.4. The Hall–Kier alpha value is -2.90. The van der Waals surface area contributed by atoms with Gasteiger partial charge in [0, 0.05) is 44.3 Å². The van der Waals surface area contributed by atoms with E-state index in [1.807, 2.05) is 36.3 Å². The molecule has 0 aliphatic carbocycles. The molecule has 8 heteroatoms. The van der Waals surface area contributed by atoms with Crippen molar-refractivity contribution in [3.63, 3.8) is 0 Å². The van der Waals surface area contributed by atoms with E-state index in [-0.39, 0.29) is 11.9 Å². The number of fused-ring (bicyclic) bond motifs is 1. The fraction of sp³-hybridized carbons (Fsp3) is 0.444. The number of nitrogens with one attached hydrogen (secondary N) is 1. The molecule has 3 aromatic heterocycles. The third-order valence-corrected chi connectivity index (χ3v) is 4.81. The van der Waals surface area contributed by atoms with Crippen LogP contribution in [0.3, 0.4) is 0 Å². The molecule has 1 aliphatic rings. The number of imidazole rings is 1. The summed E-state index contributed by atoms with van der Waals surface area (Å²) in [5.74, 6) is 1.12. The van der Waals surface area contributed by atoms with Gasteiger partial charge in [-0.15, -0.1) is 5.10 Å². The van der Waals surface area contributed by atoms with Crippen molar-refractivity contribution < 1.29 is 4.79 Å². The van der Waals surface area contributed by atoms with Crippen molar-refractivity contribution in [2.45, 2.75) is 32.2 Å². The number of anilines is 1. The number of rotatable bonds is 4. The van der Waals surface area contributed by atoms with Crippen LogP contribution >= 0.6 is 0 Å². The van der Waals surface area contributed by atoms with Crippen molar-refractivity contribution in [1.29, 1.82) is 0 Å². The lowest BCUT2D eigenvalue weighted by atomic mass is 10.1. The fourth-order valence-corrected chi connectivity index (χ4v) is 3.45. The highest BCUT2D eigenvalue weighted by Gasteiger charge is 2.29. The Labute approximate surface area is 151 Å². The zero-order chi connectivity index (χ0) is 18.3. The molecule has 1 fully saturated rings. The summed E-state index contributed by atoms with van der Waals surface area (Å²) >= 11 is 0. The lowest BCUT2D eigenvalue weighted by Crippen LogP contribution is -2.32. The second-order valence-electron chi connectivity index (χ2n) is 7.06. The lowest BCUT2D eigenvalue weighted by Gasteiger charge is -2.16. The zero-order valence-electron chi connectivity index (χ0n) is 15.3. The summed E-state index contributed by atoms with van der Waals surface area (Å²) in [5.41, 5.74) is 2.41. The Morgan fingerprint density at radius 1 is 1.31 bits per heavy atom. The van der Waals surface area contributed by atoms with E-state index >= 15 is 0 Å². The molecule has 0 spiro atoms. The number of carbonyl (C=O) groups excluding carboxylic acids is 1. The van der Waals surface area contributed by atoms with Crippen molar-refractivity contribution in [1.82, 2.24) is 29.3 Å². The predicted octanol–water partition coefficient (Wildman–Crippen LogP) is 1.91. The molecule has 0 bridgehead atoms. The van der Waals surface area contributed by atoms with Gasteiger partial charge in [0.2, 0.25) is 0 Å². The van der Waals surface area contributed by atoms with Gasteiger partial charge in [0.25, 0.3) is 5.91 Å². The Bertz CT molecular complexity index is 942. The van der Waals surface area contributed by atoms with E-state index in [4.69, 9.17) is 0 Å². The van der Waals surface area contributed by atoms with Gasteiger partial charge in [-0.05, 0) is 30.5 Å². The van der Waals surface area contributed by atoms with Crippen LogP contribution in [0.5, 0.6) is 0 Å². The monoisotopic (exact) mass is 353 g/mol. The average Bonchev–Trinajstić information content (AvgIpc) is 3.33. The summed E-state index contributed by atoms with van der Waals surface area (Å²) in [7, 11) is 1.89. The van der Waals surface area contributed by atoms with Crippen LogP contribution in [0.15, 0.2) is 30.6 Å². The smallest absolute Gasteiger partial charge is 0.274 e. The minimum atomic E-state index is -0.00480. The van der Waals surface area contributed by atoms with Crippen LogP contribution in [-0.4, -0.2) is 54.3 Å². The molecule has 8 nitrogen and oxygen atoms in total. The molecule has 26 heavy (non-hydrogen) atoms. The van der Waals surface area contributed by atoms with Gasteiger partial charge in [-0.3, -0.25) is 9.48 Å². The van der Waals surface area contributed by atoms with Crippen molar-refractivity contribution in [3.05, 3.63) is 42.0 Å². The molecule has 136 valence electrons. The number of carbonyl (C=O) groups is 1. The molecule has 1 aliphatic heterocycles. The molecule has 1 saturated heterocycles. The van der Waals surface area contributed by atoms with Crippen LogP contribution in [0.4, 0.5) is 5.82 Å². The first-order valence-electron chi connectivity index (χ1n) is 8.91. The number of hydrogen-bond acceptors (Lipinski definition) is 5. The summed E-state index contributed by atoms with van der Waals surface area (Å²) in [6, 6.07) is 5.93. The van der Waals surface area contributed by atoms with Gasteiger partial charge >= 0.3 is 0 Å². The lowest BCUT2D eigenvalue weighted by molar-refractivity contribution is 0.0785. The molecular formula is C18H23N7O. The third kappa shape index (κ3) is 3.02. The van der Waals surface area contributed by atoms with Crippen LogP contribution < -0.4 is 5.32 Å². The standard InChI is InChI=1S/C18H23N7O/c1-12(2)15-10-14(21-23(15)3)18(26)24-8-6-13(11-24)20-16-4-5-17-19-7-9-25(17)22-16/h4-5,7,9-10,12-13H,6,8,11H2,1-3H3,(H,20,22). The molecule has 0 aromatic carbocycles. The molecule has 4 heterocycles. The highest BCUT2D eigenvalue weighted by atomic mass is 16.2. The minimum absolute atomic E-state index is 0.00480. The Kier molecular flexibility index (Phi) is 4.10. The zero-order valence-corrected chi connectivity index (χ0v) is 15.3. The second kappa shape index (κ2) is 6.44. The fourth-order valence-electron chi connectivity index (χ4n) is 3.45. The molecule has 3 aromatic rings. The Balaban J connectivity index is 1.42. The molecule has 1 unspecified atom stereocenters. The number of hydrogen-bond donors (Lipinski definition) is 1.